The van der Waals surface area contributed by atoms with Gasteiger partial charge in [-0.1, -0.05) is 62.4 Å². The Bertz CT molecular complexity index is 1390. The molecule has 0 spiro atoms. The molecule has 0 unspecified atom stereocenters. The molecule has 0 saturated carbocycles. The largest absolute Gasteiger partial charge is 0.465 e. The van der Waals surface area contributed by atoms with E-state index in [2.05, 4.69) is 60.5 Å². The van der Waals surface area contributed by atoms with Gasteiger partial charge in [0.2, 0.25) is 5.13 Å². The van der Waals surface area contributed by atoms with Gasteiger partial charge in [0.15, 0.2) is 0 Å². The lowest BCUT2D eigenvalue weighted by atomic mass is 9.86. The fourth-order valence-electron chi connectivity index (χ4n) is 3.48. The van der Waals surface area contributed by atoms with Crippen LogP contribution in [0.2, 0.25) is 0 Å². The number of nitrogens with one attached hydrogen (secondary N) is 1. The number of esters is 1. The van der Waals surface area contributed by atoms with E-state index in [1.165, 1.54) is 24.0 Å². The van der Waals surface area contributed by atoms with Gasteiger partial charge in [0, 0.05) is 17.0 Å². The van der Waals surface area contributed by atoms with Gasteiger partial charge in [-0.05, 0) is 42.5 Å². The zero-order valence-corrected chi connectivity index (χ0v) is 20.5. The summed E-state index contributed by atoms with van der Waals surface area (Å²) in [6.07, 6.45) is 0. The highest BCUT2D eigenvalue weighted by atomic mass is 32.1. The summed E-state index contributed by atoms with van der Waals surface area (Å²) in [5.41, 5.74) is 7.76. The van der Waals surface area contributed by atoms with E-state index in [1.807, 2.05) is 31.2 Å². The summed E-state index contributed by atoms with van der Waals surface area (Å²) in [5, 5.41) is 6.72. The van der Waals surface area contributed by atoms with Gasteiger partial charge in [0.25, 0.3) is 0 Å². The molecule has 33 heavy (non-hydrogen) atoms. The van der Waals surface area contributed by atoms with Gasteiger partial charge in [0.05, 0.1) is 18.2 Å². The highest BCUT2D eigenvalue weighted by Gasteiger charge is 2.16. The molecule has 2 aromatic carbocycles. The Hall–Kier alpha value is -3.45. The van der Waals surface area contributed by atoms with E-state index in [-0.39, 0.29) is 5.41 Å². The highest BCUT2D eigenvalue weighted by Crippen LogP contribution is 2.28. The molecule has 170 valence electrons. The van der Waals surface area contributed by atoms with Crippen LogP contribution in [0.25, 0.3) is 22.3 Å². The average Bonchev–Trinajstić information content (AvgIpc) is 3.16. The summed E-state index contributed by atoms with van der Waals surface area (Å²) in [5.74, 6) is 0.318. The smallest absolute Gasteiger partial charge is 0.350 e. The minimum absolute atomic E-state index is 0.0788. The van der Waals surface area contributed by atoms with Gasteiger partial charge in [-0.25, -0.2) is 9.78 Å². The fourth-order valence-corrected chi connectivity index (χ4v) is 4.31. The first kappa shape index (κ1) is 22.7. The number of methoxy groups -OCH3 is 1. The Labute approximate surface area is 197 Å². The first-order chi connectivity index (χ1) is 15.7. The van der Waals surface area contributed by atoms with Crippen LogP contribution in [0.4, 0.5) is 5.13 Å². The number of ether oxygens (including phenoxy) is 1. The summed E-state index contributed by atoms with van der Waals surface area (Å²) in [7, 11) is 1.36. The third-order valence-corrected chi connectivity index (χ3v) is 6.42. The van der Waals surface area contributed by atoms with Crippen LogP contribution in [-0.4, -0.2) is 18.1 Å². The van der Waals surface area contributed by atoms with Crippen LogP contribution in [0.1, 0.15) is 47.3 Å². The number of hydrogen-bond acceptors (Lipinski definition) is 7. The van der Waals surface area contributed by atoms with Gasteiger partial charge in [-0.2, -0.15) is 5.10 Å². The molecule has 0 bridgehead atoms. The van der Waals surface area contributed by atoms with E-state index in [4.69, 9.17) is 9.15 Å². The van der Waals surface area contributed by atoms with Crippen molar-refractivity contribution < 1.29 is 13.9 Å². The molecule has 0 aliphatic heterocycles. The van der Waals surface area contributed by atoms with Crippen LogP contribution in [0, 0.1) is 13.8 Å². The van der Waals surface area contributed by atoms with Gasteiger partial charge >= 0.3 is 5.97 Å². The second kappa shape index (κ2) is 8.83. The zero-order chi connectivity index (χ0) is 23.8. The van der Waals surface area contributed by atoms with Crippen molar-refractivity contribution in [2.75, 3.05) is 12.5 Å². The molecule has 0 aliphatic rings. The van der Waals surface area contributed by atoms with Crippen molar-refractivity contribution in [1.29, 1.82) is 0 Å². The lowest BCUT2D eigenvalue weighted by Crippen LogP contribution is -2.10. The number of hydrogen-bond donors (Lipinski definition) is 1. The number of nitrogens with zero attached hydrogens (tertiary/aromatic N) is 2. The maximum absolute atomic E-state index is 11.9. The number of carbonyl (C=O) groups is 1. The monoisotopic (exact) mass is 461 g/mol. The molecule has 6 nitrogen and oxygen atoms in total. The topological polar surface area (TPSA) is 76.7 Å². The van der Waals surface area contributed by atoms with Crippen LogP contribution in [0.3, 0.4) is 0 Å². The molecule has 4 aromatic rings. The summed E-state index contributed by atoms with van der Waals surface area (Å²) in [6, 6.07) is 16.4. The van der Waals surface area contributed by atoms with Crippen LogP contribution in [0.15, 0.2) is 58.0 Å². The summed E-state index contributed by atoms with van der Waals surface area (Å²) in [4.78, 5) is 16.7. The van der Waals surface area contributed by atoms with E-state index < -0.39 is 5.97 Å². The first-order valence-corrected chi connectivity index (χ1v) is 11.5. The molecule has 1 N–H and O–H groups in total. The van der Waals surface area contributed by atoms with Crippen LogP contribution in [0.5, 0.6) is 0 Å². The Kier molecular flexibility index (Phi) is 6.08. The van der Waals surface area contributed by atoms with E-state index in [9.17, 15) is 4.79 Å². The third-order valence-electron chi connectivity index (χ3n) is 5.38. The molecule has 0 amide bonds. The van der Waals surface area contributed by atoms with Crippen molar-refractivity contribution in [3.63, 3.8) is 0 Å². The summed E-state index contributed by atoms with van der Waals surface area (Å²) < 4.78 is 11.1. The molecule has 4 rings (SSSR count). The first-order valence-electron chi connectivity index (χ1n) is 10.7. The summed E-state index contributed by atoms with van der Waals surface area (Å²) >= 11 is 1.21. The Morgan fingerprint density at radius 2 is 1.82 bits per heavy atom. The predicted octanol–water partition coefficient (Wildman–Crippen LogP) is 6.19. The van der Waals surface area contributed by atoms with Crippen molar-refractivity contribution in [2.24, 2.45) is 5.10 Å². The molecule has 0 atom stereocenters. The van der Waals surface area contributed by atoms with Crippen molar-refractivity contribution in [1.82, 2.24) is 4.98 Å². The fraction of sp³-hybridized carbons (Fsp3) is 0.269. The number of aromatic nitrogens is 1. The highest BCUT2D eigenvalue weighted by molar-refractivity contribution is 7.17. The van der Waals surface area contributed by atoms with Crippen molar-refractivity contribution in [3.8, 4) is 11.3 Å². The lowest BCUT2D eigenvalue weighted by molar-refractivity contribution is 0.0605. The second-order valence-corrected chi connectivity index (χ2v) is 9.97. The van der Waals surface area contributed by atoms with Gasteiger partial charge in [-0.3, -0.25) is 5.43 Å². The molecule has 2 aromatic heterocycles. The van der Waals surface area contributed by atoms with Crippen molar-refractivity contribution in [3.05, 3.63) is 75.6 Å². The summed E-state index contributed by atoms with van der Waals surface area (Å²) in [6.45, 7) is 10.4. The maximum Gasteiger partial charge on any atom is 0.350 e. The van der Waals surface area contributed by atoms with Crippen LogP contribution in [-0.2, 0) is 10.2 Å². The predicted molar refractivity (Wildman–Crippen MR) is 132 cm³/mol. The Morgan fingerprint density at radius 3 is 2.48 bits per heavy atom. The van der Waals surface area contributed by atoms with E-state index in [0.717, 1.165) is 33.2 Å². The number of benzene rings is 2. The zero-order valence-electron chi connectivity index (χ0n) is 19.6. The van der Waals surface area contributed by atoms with E-state index >= 15 is 0 Å². The van der Waals surface area contributed by atoms with E-state index in [0.29, 0.717) is 15.7 Å². The number of anilines is 1. The number of thiazole rings is 1. The van der Waals surface area contributed by atoms with Gasteiger partial charge < -0.3 is 9.15 Å². The number of aryl methyl sites for hydroxylation is 2. The van der Waals surface area contributed by atoms with Crippen molar-refractivity contribution in [2.45, 2.75) is 40.0 Å². The van der Waals surface area contributed by atoms with E-state index in [1.54, 1.807) is 6.92 Å². The molecular formula is C26H27N3O3S. The molecular weight excluding hydrogens is 434 g/mol. The molecule has 2 heterocycles. The minimum Gasteiger partial charge on any atom is -0.465 e. The molecule has 0 aliphatic carbocycles. The Morgan fingerprint density at radius 1 is 1.09 bits per heavy atom. The number of fused-ring (bicyclic) bond motifs is 1. The minimum atomic E-state index is -0.404. The normalized spacial score (nSPS) is 12.2. The van der Waals surface area contributed by atoms with Gasteiger partial charge in [0.1, 0.15) is 16.2 Å². The van der Waals surface area contributed by atoms with Crippen LogP contribution >= 0.6 is 11.3 Å². The molecule has 0 radical (unpaired) electrons. The van der Waals surface area contributed by atoms with Crippen molar-refractivity contribution >= 4 is 33.4 Å². The number of carbonyl (C=O) groups excluding carboxylic acids is 1. The quantitative estimate of drug-likeness (QED) is 0.290. The number of rotatable bonds is 4. The average molecular weight is 462 g/mol. The second-order valence-electron chi connectivity index (χ2n) is 8.97. The molecule has 7 heteroatoms. The molecule has 0 fully saturated rings. The maximum atomic E-state index is 11.9. The van der Waals surface area contributed by atoms with Gasteiger partial charge in [-0.15, -0.1) is 0 Å². The molecule has 0 saturated heterocycles. The lowest BCUT2D eigenvalue weighted by Gasteiger charge is -2.19. The third kappa shape index (κ3) is 4.83. The SMILES string of the molecule is COC(=O)c1sc(NN=c2cc(-c3ccc(C(C)(C)C)cc3)oc3cc(C)ccc23)nc1C. The standard InChI is InChI=1S/C26H27N3O3S/c1-15-7-12-19-20(28-29-25-27-16(2)23(33-25)24(30)31-6)14-21(32-22(19)13-15)17-8-10-18(11-9-17)26(3,4)5/h7-14H,1-6H3,(H,27,29). The van der Waals surface area contributed by atoms with Crippen LogP contribution < -0.4 is 10.8 Å². The Balaban J connectivity index is 1.78.